The predicted molar refractivity (Wildman–Crippen MR) is 72.8 cm³/mol. The van der Waals surface area contributed by atoms with Crippen LogP contribution in [-0.2, 0) is 6.54 Å². The second-order valence-electron chi connectivity index (χ2n) is 5.11. The van der Waals surface area contributed by atoms with Crippen molar-refractivity contribution in [3.63, 3.8) is 0 Å². The highest BCUT2D eigenvalue weighted by molar-refractivity contribution is 5.71. The highest BCUT2D eigenvalue weighted by atomic mass is 16.6. The first-order valence-corrected chi connectivity index (χ1v) is 6.96. The van der Waals surface area contributed by atoms with Crippen LogP contribution in [-0.4, -0.2) is 24.2 Å². The average Bonchev–Trinajstić information content (AvgIpc) is 3.21. The molecular weight excluding hydrogens is 256 g/mol. The first kappa shape index (κ1) is 11.8. The average molecular weight is 272 g/mol. The zero-order chi connectivity index (χ0) is 13.4. The van der Waals surface area contributed by atoms with Gasteiger partial charge in [0, 0.05) is 12.6 Å². The summed E-state index contributed by atoms with van der Waals surface area (Å²) >= 11 is 0. The first-order chi connectivity index (χ1) is 9.92. The fraction of sp³-hybridized carbons (Fsp3) is 0.400. The number of hydrogen-bond acceptors (Lipinski definition) is 5. The van der Waals surface area contributed by atoms with Gasteiger partial charge in [-0.2, -0.15) is 0 Å². The van der Waals surface area contributed by atoms with Crippen molar-refractivity contribution in [1.29, 1.82) is 0 Å². The molecule has 1 aliphatic heterocycles. The molecule has 5 nitrogen and oxygen atoms in total. The van der Waals surface area contributed by atoms with Gasteiger partial charge in [0.2, 0.25) is 0 Å². The minimum Gasteiger partial charge on any atom is -0.486 e. The molecule has 0 atom stereocenters. The fourth-order valence-corrected chi connectivity index (χ4v) is 2.40. The van der Waals surface area contributed by atoms with Crippen LogP contribution in [0, 0.1) is 0 Å². The van der Waals surface area contributed by atoms with E-state index in [-0.39, 0.29) is 0 Å². The summed E-state index contributed by atoms with van der Waals surface area (Å²) in [6.07, 6.45) is 4.00. The van der Waals surface area contributed by atoms with Crippen LogP contribution in [0.25, 0.3) is 11.3 Å². The van der Waals surface area contributed by atoms with Crippen molar-refractivity contribution in [1.82, 2.24) is 10.3 Å². The number of para-hydroxylation sites is 1. The van der Waals surface area contributed by atoms with Crippen LogP contribution in [0.2, 0.25) is 0 Å². The molecule has 1 N–H and O–H groups in total. The van der Waals surface area contributed by atoms with Gasteiger partial charge in [0.25, 0.3) is 0 Å². The van der Waals surface area contributed by atoms with Gasteiger partial charge in [-0.25, -0.2) is 4.98 Å². The lowest BCUT2D eigenvalue weighted by Crippen LogP contribution is -2.17. The third kappa shape index (κ3) is 2.14. The molecule has 2 aromatic rings. The molecule has 2 aliphatic rings. The molecule has 0 radical (unpaired) electrons. The van der Waals surface area contributed by atoms with Gasteiger partial charge in [0.15, 0.2) is 23.7 Å². The number of oxazole rings is 1. The largest absolute Gasteiger partial charge is 0.486 e. The van der Waals surface area contributed by atoms with Crippen LogP contribution in [0.1, 0.15) is 18.5 Å². The molecule has 1 aromatic heterocycles. The number of nitrogens with zero attached hydrogens (tertiary/aromatic N) is 1. The van der Waals surface area contributed by atoms with E-state index in [1.54, 1.807) is 0 Å². The van der Waals surface area contributed by atoms with Crippen molar-refractivity contribution < 1.29 is 13.9 Å². The van der Waals surface area contributed by atoms with Gasteiger partial charge in [-0.1, -0.05) is 6.07 Å². The summed E-state index contributed by atoms with van der Waals surface area (Å²) in [7, 11) is 0. The van der Waals surface area contributed by atoms with Crippen LogP contribution in [0.3, 0.4) is 0 Å². The number of nitrogens with one attached hydrogen (secondary N) is 1. The molecule has 0 spiro atoms. The zero-order valence-corrected chi connectivity index (χ0v) is 11.1. The topological polar surface area (TPSA) is 56.5 Å². The van der Waals surface area contributed by atoms with E-state index in [1.165, 1.54) is 19.2 Å². The van der Waals surface area contributed by atoms with Crippen molar-refractivity contribution >= 4 is 0 Å². The van der Waals surface area contributed by atoms with Gasteiger partial charge < -0.3 is 19.2 Å². The Hall–Kier alpha value is -2.01. The summed E-state index contributed by atoms with van der Waals surface area (Å²) in [6.45, 7) is 1.87. The van der Waals surface area contributed by atoms with Crippen molar-refractivity contribution in [2.75, 3.05) is 13.2 Å². The van der Waals surface area contributed by atoms with Crippen LogP contribution in [0.5, 0.6) is 11.5 Å². The number of aromatic nitrogens is 1. The van der Waals surface area contributed by atoms with Crippen LogP contribution in [0.4, 0.5) is 0 Å². The van der Waals surface area contributed by atoms with Crippen molar-refractivity contribution in [2.24, 2.45) is 0 Å². The van der Waals surface area contributed by atoms with E-state index in [0.29, 0.717) is 19.3 Å². The molecule has 4 rings (SSSR count). The molecule has 0 unspecified atom stereocenters. The molecule has 5 heteroatoms. The summed E-state index contributed by atoms with van der Waals surface area (Å²) < 4.78 is 16.9. The Balaban J connectivity index is 1.68. The van der Waals surface area contributed by atoms with Gasteiger partial charge >= 0.3 is 0 Å². The molecule has 1 aromatic carbocycles. The standard InChI is InChI=1S/C15H16N2O3/c1-2-11(15-13(3-1)18-6-7-19-15)14-12(17-9-20-14)8-16-10-4-5-10/h1-3,9-10,16H,4-8H2. The highest BCUT2D eigenvalue weighted by Gasteiger charge is 2.24. The van der Waals surface area contributed by atoms with Crippen LogP contribution >= 0.6 is 0 Å². The molecular formula is C15H16N2O3. The van der Waals surface area contributed by atoms with E-state index < -0.39 is 0 Å². The Morgan fingerprint density at radius 3 is 3.00 bits per heavy atom. The predicted octanol–water partition coefficient (Wildman–Crippen LogP) is 2.36. The maximum atomic E-state index is 5.74. The summed E-state index contributed by atoms with van der Waals surface area (Å²) in [5.41, 5.74) is 1.83. The number of rotatable bonds is 4. The Morgan fingerprint density at radius 1 is 1.20 bits per heavy atom. The molecule has 1 fully saturated rings. The summed E-state index contributed by atoms with van der Waals surface area (Å²) in [5, 5.41) is 3.45. The third-order valence-electron chi connectivity index (χ3n) is 3.59. The zero-order valence-electron chi connectivity index (χ0n) is 11.1. The SMILES string of the molecule is c1cc2c(c(-c3ocnc3CNC3CC3)c1)OCCO2. The fourth-order valence-electron chi connectivity index (χ4n) is 2.40. The minimum absolute atomic E-state index is 0.563. The van der Waals surface area contributed by atoms with Crippen molar-refractivity contribution in [2.45, 2.75) is 25.4 Å². The minimum atomic E-state index is 0.563. The van der Waals surface area contributed by atoms with Gasteiger partial charge in [0.05, 0.1) is 5.56 Å². The van der Waals surface area contributed by atoms with E-state index in [0.717, 1.165) is 35.1 Å². The monoisotopic (exact) mass is 272 g/mol. The van der Waals surface area contributed by atoms with Crippen LogP contribution < -0.4 is 14.8 Å². The van der Waals surface area contributed by atoms with Crippen molar-refractivity contribution in [3.05, 3.63) is 30.3 Å². The first-order valence-electron chi connectivity index (χ1n) is 6.96. The molecule has 2 heterocycles. The number of ether oxygens (including phenoxy) is 2. The second-order valence-corrected chi connectivity index (χ2v) is 5.11. The van der Waals surface area contributed by atoms with Gasteiger partial charge in [-0.05, 0) is 25.0 Å². The Labute approximate surface area is 116 Å². The molecule has 0 bridgehead atoms. The smallest absolute Gasteiger partial charge is 0.181 e. The maximum Gasteiger partial charge on any atom is 0.181 e. The Bertz CT molecular complexity index is 619. The third-order valence-corrected chi connectivity index (χ3v) is 3.59. The quantitative estimate of drug-likeness (QED) is 0.926. The summed E-state index contributed by atoms with van der Waals surface area (Å²) in [5.74, 6) is 2.29. The van der Waals surface area contributed by atoms with Gasteiger partial charge in [-0.3, -0.25) is 0 Å². The Kier molecular flexibility index (Phi) is 2.85. The lowest BCUT2D eigenvalue weighted by Gasteiger charge is -2.20. The molecule has 104 valence electrons. The molecule has 20 heavy (non-hydrogen) atoms. The number of fused-ring (bicyclic) bond motifs is 1. The van der Waals surface area contributed by atoms with Gasteiger partial charge in [0.1, 0.15) is 18.9 Å². The normalized spacial score (nSPS) is 17.2. The van der Waals surface area contributed by atoms with E-state index >= 15 is 0 Å². The number of benzene rings is 1. The van der Waals surface area contributed by atoms with Gasteiger partial charge in [-0.15, -0.1) is 0 Å². The van der Waals surface area contributed by atoms with Crippen LogP contribution in [0.15, 0.2) is 29.0 Å². The molecule has 0 saturated heterocycles. The summed E-state index contributed by atoms with van der Waals surface area (Å²) in [6, 6.07) is 6.48. The molecule has 1 aliphatic carbocycles. The van der Waals surface area contributed by atoms with E-state index in [1.807, 2.05) is 18.2 Å². The van der Waals surface area contributed by atoms with E-state index in [4.69, 9.17) is 13.9 Å². The maximum absolute atomic E-state index is 5.74. The second kappa shape index (κ2) is 4.83. The summed E-state index contributed by atoms with van der Waals surface area (Å²) in [4.78, 5) is 4.32. The van der Waals surface area contributed by atoms with Crippen molar-refractivity contribution in [3.8, 4) is 22.8 Å². The molecule has 0 amide bonds. The lowest BCUT2D eigenvalue weighted by atomic mass is 10.1. The highest BCUT2D eigenvalue weighted by Crippen LogP contribution is 2.40. The van der Waals surface area contributed by atoms with E-state index in [9.17, 15) is 0 Å². The Morgan fingerprint density at radius 2 is 2.10 bits per heavy atom. The molecule has 1 saturated carbocycles. The van der Waals surface area contributed by atoms with E-state index in [2.05, 4.69) is 10.3 Å². The number of hydrogen-bond donors (Lipinski definition) is 1. The lowest BCUT2D eigenvalue weighted by molar-refractivity contribution is 0.172.